The van der Waals surface area contributed by atoms with Gasteiger partial charge >= 0.3 is 0 Å². The van der Waals surface area contributed by atoms with Gasteiger partial charge in [0.25, 0.3) is 0 Å². The van der Waals surface area contributed by atoms with E-state index in [4.69, 9.17) is 22.5 Å². The fraction of sp³-hybridized carbons (Fsp3) is 0. The highest BCUT2D eigenvalue weighted by Crippen LogP contribution is 2.21. The minimum Gasteiger partial charge on any atom is -0.409 e. The minimum atomic E-state index is -0.0613. The van der Waals surface area contributed by atoms with Gasteiger partial charge in [0.05, 0.1) is 5.02 Å². The Morgan fingerprint density at radius 3 is 2.94 bits per heavy atom. The van der Waals surface area contributed by atoms with Crippen LogP contribution in [-0.2, 0) is 0 Å². The molecule has 2 heterocycles. The topological polar surface area (TPSA) is 89.3 Å². The molecule has 0 aliphatic carbocycles. The van der Waals surface area contributed by atoms with E-state index in [9.17, 15) is 0 Å². The number of hydrogen-bond donors (Lipinski definition) is 2. The van der Waals surface area contributed by atoms with E-state index in [1.807, 2.05) is 0 Å². The highest BCUT2D eigenvalue weighted by Gasteiger charge is 2.11. The quantitative estimate of drug-likeness (QED) is 0.353. The first-order valence-corrected chi connectivity index (χ1v) is 4.72. The van der Waals surface area contributed by atoms with Gasteiger partial charge in [-0.1, -0.05) is 16.8 Å². The van der Waals surface area contributed by atoms with Crippen LogP contribution in [0.1, 0.15) is 5.56 Å². The summed E-state index contributed by atoms with van der Waals surface area (Å²) in [6, 6.07) is 1.57. The van der Waals surface area contributed by atoms with Gasteiger partial charge in [-0.05, 0) is 6.07 Å². The number of hydrogen-bond acceptors (Lipinski definition) is 4. The third kappa shape index (κ3) is 1.70. The average molecular weight is 238 g/mol. The molecular weight excluding hydrogens is 230 g/mol. The van der Waals surface area contributed by atoms with Gasteiger partial charge in [-0.15, -0.1) is 0 Å². The number of pyridine rings is 1. The lowest BCUT2D eigenvalue weighted by atomic mass is 10.2. The average Bonchev–Trinajstić information content (AvgIpc) is 2.82. The van der Waals surface area contributed by atoms with Crippen molar-refractivity contribution in [3.8, 4) is 5.82 Å². The monoisotopic (exact) mass is 237 g/mol. The molecule has 2 aromatic heterocycles. The largest absolute Gasteiger partial charge is 0.409 e. The van der Waals surface area contributed by atoms with E-state index in [-0.39, 0.29) is 5.84 Å². The summed E-state index contributed by atoms with van der Waals surface area (Å²) in [6.45, 7) is 0. The Labute approximate surface area is 96.0 Å². The van der Waals surface area contributed by atoms with Crippen LogP contribution in [0.5, 0.6) is 0 Å². The van der Waals surface area contributed by atoms with Crippen molar-refractivity contribution < 1.29 is 5.21 Å². The van der Waals surface area contributed by atoms with Gasteiger partial charge in [0.2, 0.25) is 0 Å². The second kappa shape index (κ2) is 4.19. The zero-order valence-corrected chi connectivity index (χ0v) is 8.83. The fourth-order valence-electron chi connectivity index (χ4n) is 1.25. The summed E-state index contributed by atoms with van der Waals surface area (Å²) >= 11 is 6.09. The summed E-state index contributed by atoms with van der Waals surface area (Å²) in [5.74, 6) is 0.414. The smallest absolute Gasteiger partial charge is 0.171 e. The van der Waals surface area contributed by atoms with Gasteiger partial charge in [0, 0.05) is 24.2 Å². The van der Waals surface area contributed by atoms with Crippen molar-refractivity contribution in [1.29, 1.82) is 0 Å². The first kappa shape index (κ1) is 10.4. The third-order valence-electron chi connectivity index (χ3n) is 2.00. The number of amidine groups is 1. The van der Waals surface area contributed by atoms with Gasteiger partial charge in [-0.3, -0.25) is 4.57 Å². The highest BCUT2D eigenvalue weighted by molar-refractivity contribution is 6.35. The molecule has 0 bridgehead atoms. The van der Waals surface area contributed by atoms with Crippen LogP contribution in [0.2, 0.25) is 5.02 Å². The summed E-state index contributed by atoms with van der Waals surface area (Å²) in [7, 11) is 0. The van der Waals surface area contributed by atoms with Gasteiger partial charge in [-0.25, -0.2) is 9.97 Å². The fourth-order valence-corrected chi connectivity index (χ4v) is 1.55. The molecule has 0 aliphatic heterocycles. The molecule has 0 amide bonds. The van der Waals surface area contributed by atoms with Gasteiger partial charge in [0.15, 0.2) is 11.7 Å². The van der Waals surface area contributed by atoms with E-state index < -0.39 is 0 Å². The zero-order chi connectivity index (χ0) is 11.5. The van der Waals surface area contributed by atoms with E-state index in [1.54, 1.807) is 29.4 Å². The highest BCUT2D eigenvalue weighted by atomic mass is 35.5. The summed E-state index contributed by atoms with van der Waals surface area (Å²) in [6.07, 6.45) is 6.39. The third-order valence-corrected chi connectivity index (χ3v) is 2.38. The Bertz CT molecular complexity index is 523. The van der Waals surface area contributed by atoms with E-state index in [2.05, 4.69) is 15.1 Å². The molecule has 7 heteroatoms. The van der Waals surface area contributed by atoms with Gasteiger partial charge < -0.3 is 10.9 Å². The second-order valence-electron chi connectivity index (χ2n) is 2.95. The van der Waals surface area contributed by atoms with Crippen molar-refractivity contribution in [3.63, 3.8) is 0 Å². The number of nitrogens with two attached hydrogens (primary N) is 1. The Hall–Kier alpha value is -2.08. The molecule has 0 saturated heterocycles. The van der Waals surface area contributed by atoms with Crippen molar-refractivity contribution in [2.24, 2.45) is 10.9 Å². The molecule has 0 atom stereocenters. The van der Waals surface area contributed by atoms with Crippen LogP contribution in [0, 0.1) is 0 Å². The number of nitrogens with zero attached hydrogens (tertiary/aromatic N) is 4. The Morgan fingerprint density at radius 2 is 2.31 bits per heavy atom. The molecule has 0 fully saturated rings. The summed E-state index contributed by atoms with van der Waals surface area (Å²) < 4.78 is 1.64. The van der Waals surface area contributed by atoms with Crippen molar-refractivity contribution >= 4 is 17.4 Å². The van der Waals surface area contributed by atoms with Crippen molar-refractivity contribution in [2.45, 2.75) is 0 Å². The maximum Gasteiger partial charge on any atom is 0.171 e. The van der Waals surface area contributed by atoms with Crippen molar-refractivity contribution in [2.75, 3.05) is 0 Å². The van der Waals surface area contributed by atoms with Gasteiger partial charge in [0.1, 0.15) is 6.33 Å². The molecule has 0 saturated carbocycles. The van der Waals surface area contributed by atoms with E-state index in [0.717, 1.165) is 0 Å². The van der Waals surface area contributed by atoms with Crippen molar-refractivity contribution in [1.82, 2.24) is 14.5 Å². The van der Waals surface area contributed by atoms with Crippen molar-refractivity contribution in [3.05, 3.63) is 41.6 Å². The summed E-state index contributed by atoms with van der Waals surface area (Å²) in [5.41, 5.74) is 5.90. The molecule has 2 rings (SSSR count). The van der Waals surface area contributed by atoms with E-state index in [0.29, 0.717) is 16.4 Å². The lowest BCUT2D eigenvalue weighted by molar-refractivity contribution is 0.318. The van der Waals surface area contributed by atoms with E-state index in [1.165, 1.54) is 6.20 Å². The number of halogens is 1. The number of aromatic nitrogens is 3. The zero-order valence-electron chi connectivity index (χ0n) is 8.08. The lowest BCUT2D eigenvalue weighted by Gasteiger charge is -2.07. The first-order chi connectivity index (χ1) is 7.74. The molecule has 0 aromatic carbocycles. The van der Waals surface area contributed by atoms with Crippen LogP contribution in [-0.4, -0.2) is 25.6 Å². The first-order valence-electron chi connectivity index (χ1n) is 4.34. The molecule has 2 aromatic rings. The number of rotatable bonds is 2. The Balaban J connectivity index is 2.58. The predicted molar refractivity (Wildman–Crippen MR) is 58.9 cm³/mol. The summed E-state index contributed by atoms with van der Waals surface area (Å²) in [4.78, 5) is 7.98. The maximum absolute atomic E-state index is 8.60. The molecule has 6 nitrogen and oxygen atoms in total. The molecule has 0 unspecified atom stereocenters. The van der Waals surface area contributed by atoms with Crippen LogP contribution in [0.25, 0.3) is 5.82 Å². The number of imidazole rings is 1. The SMILES string of the molecule is N/C(=N/O)c1ccnc(-n2ccnc2)c1Cl. The predicted octanol–water partition coefficient (Wildman–Crippen LogP) is 1.02. The lowest BCUT2D eigenvalue weighted by Crippen LogP contribution is -2.15. The molecular formula is C9H8ClN5O. The summed E-state index contributed by atoms with van der Waals surface area (Å²) in [5, 5.41) is 11.8. The molecule has 3 N–H and O–H groups in total. The minimum absolute atomic E-state index is 0.0613. The van der Waals surface area contributed by atoms with Crippen LogP contribution < -0.4 is 5.73 Å². The van der Waals surface area contributed by atoms with Crippen LogP contribution in [0.3, 0.4) is 0 Å². The maximum atomic E-state index is 8.60. The molecule has 0 aliphatic rings. The van der Waals surface area contributed by atoms with Crippen LogP contribution in [0.15, 0.2) is 36.1 Å². The van der Waals surface area contributed by atoms with Crippen LogP contribution in [0.4, 0.5) is 0 Å². The Morgan fingerprint density at radius 1 is 1.50 bits per heavy atom. The molecule has 0 radical (unpaired) electrons. The molecule has 16 heavy (non-hydrogen) atoms. The van der Waals surface area contributed by atoms with E-state index >= 15 is 0 Å². The number of oxime groups is 1. The molecule has 82 valence electrons. The van der Waals surface area contributed by atoms with Gasteiger partial charge in [-0.2, -0.15) is 0 Å². The Kier molecular flexibility index (Phi) is 2.74. The second-order valence-corrected chi connectivity index (χ2v) is 3.33. The van der Waals surface area contributed by atoms with Crippen LogP contribution >= 0.6 is 11.6 Å². The normalized spacial score (nSPS) is 11.7. The standard InChI is InChI=1S/C9H8ClN5O/c10-7-6(8(11)14-16)1-2-13-9(7)15-4-3-12-5-15/h1-5,16H,(H2,11,14). The molecule has 0 spiro atoms.